The van der Waals surface area contributed by atoms with Crippen LogP contribution in [0, 0.1) is 6.92 Å². The lowest BCUT2D eigenvalue weighted by atomic mass is 10.1. The highest BCUT2D eigenvalue weighted by atomic mass is 32.5. The topological polar surface area (TPSA) is 246 Å². The Hall–Kier alpha value is -3.12. The second kappa shape index (κ2) is 11.0. The van der Waals surface area contributed by atoms with Crippen molar-refractivity contribution in [2.45, 2.75) is 56.1 Å². The van der Waals surface area contributed by atoms with Gasteiger partial charge in [-0.25, -0.2) is 37.9 Å². The van der Waals surface area contributed by atoms with Crippen molar-refractivity contribution < 1.29 is 44.8 Å². The molecule has 3 aliphatic rings. The molecule has 0 amide bonds. The van der Waals surface area contributed by atoms with E-state index in [1.165, 1.54) is 17.8 Å². The third-order valence-electron chi connectivity index (χ3n) is 7.38. The Bertz CT molecular complexity index is 2010. The number of fused-ring (bicyclic) bond motifs is 4. The molecule has 24 heteroatoms. The average Bonchev–Trinajstić information content (AvgIpc) is 3.72. The van der Waals surface area contributed by atoms with Crippen LogP contribution in [0.4, 0.5) is 14.6 Å². The van der Waals surface area contributed by atoms with Crippen molar-refractivity contribution in [1.29, 1.82) is 0 Å². The smallest absolute Gasteiger partial charge is 0.336 e. The van der Waals surface area contributed by atoms with Crippen molar-refractivity contribution in [3.63, 3.8) is 0 Å². The summed E-state index contributed by atoms with van der Waals surface area (Å²) in [6.07, 6.45) is -10.2. The molecule has 4 aromatic heterocycles. The van der Waals surface area contributed by atoms with E-state index >= 15 is 8.78 Å². The molecule has 3 saturated heterocycles. The van der Waals surface area contributed by atoms with Crippen LogP contribution < -0.4 is 16.0 Å². The number of aryl methyl sites for hydroxylation is 1. The van der Waals surface area contributed by atoms with Gasteiger partial charge >= 0.3 is 17.0 Å². The number of halogens is 2. The standard InChI is InChI=1S/C21H23F2N10O9PS2/c1-7-30-18-13(19(34)31-7)28-6-33(18)21-11(23)15-9(40-21)3-38-43(35,44)41-14-8(2-29-45(36,37)42-15)39-20(10(14)22)32-5-27-12-16(24)25-4-26-17(12)32/h4-6,8-11,14-15,20-21,29H,2-3H2,1H3,(H,35,44)(H2,24,25,26)(H,30,31,34)/t8-,9-,10-,11-,14-,15-,20-,21-,43?/m1/s1. The number of H-pyrrole nitrogens is 1. The Balaban J connectivity index is 1.17. The number of ether oxygens (including phenoxy) is 2. The first-order valence-corrected chi connectivity index (χ1v) is 17.1. The summed E-state index contributed by atoms with van der Waals surface area (Å²) in [6, 6.07) is 0. The normalized spacial score (nSPS) is 35.6. The van der Waals surface area contributed by atoms with Crippen molar-refractivity contribution >= 4 is 57.0 Å². The summed E-state index contributed by atoms with van der Waals surface area (Å²) in [6.45, 7) is -4.19. The zero-order valence-corrected chi connectivity index (χ0v) is 25.2. The van der Waals surface area contributed by atoms with Gasteiger partial charge in [-0.3, -0.25) is 18.5 Å². The van der Waals surface area contributed by atoms with Gasteiger partial charge in [0.2, 0.25) is 0 Å². The van der Waals surface area contributed by atoms with Crippen LogP contribution in [0.5, 0.6) is 0 Å². The molecule has 4 aromatic rings. The number of aromatic nitrogens is 8. The fourth-order valence-corrected chi connectivity index (χ4v) is 7.77. The van der Waals surface area contributed by atoms with Crippen LogP contribution in [-0.4, -0.2) is 102 Å². The van der Waals surface area contributed by atoms with Gasteiger partial charge in [-0.1, -0.05) is 0 Å². The average molecular weight is 693 g/mol. The molecule has 0 aliphatic carbocycles. The molecule has 7 rings (SSSR count). The second-order valence-electron chi connectivity index (χ2n) is 10.3. The Morgan fingerprint density at radius 3 is 2.47 bits per heavy atom. The first-order chi connectivity index (χ1) is 21.3. The summed E-state index contributed by atoms with van der Waals surface area (Å²) in [4.78, 5) is 45.7. The minimum atomic E-state index is -4.76. The number of hydrogen-bond acceptors (Lipinski definition) is 15. The summed E-state index contributed by atoms with van der Waals surface area (Å²) in [5, 5.41) is 0. The predicted molar refractivity (Wildman–Crippen MR) is 149 cm³/mol. The van der Waals surface area contributed by atoms with Crippen molar-refractivity contribution in [2.24, 2.45) is 0 Å². The largest absolute Gasteiger partial charge is 0.382 e. The summed E-state index contributed by atoms with van der Waals surface area (Å²) in [7, 11) is -4.76. The summed E-state index contributed by atoms with van der Waals surface area (Å²) >= 11 is 5.12. The van der Waals surface area contributed by atoms with Crippen LogP contribution in [0.25, 0.3) is 22.3 Å². The van der Waals surface area contributed by atoms with Crippen molar-refractivity contribution in [1.82, 2.24) is 43.8 Å². The van der Waals surface area contributed by atoms with Crippen LogP contribution in [-0.2, 0) is 44.8 Å². The van der Waals surface area contributed by atoms with Crippen LogP contribution in [0.15, 0.2) is 23.8 Å². The molecule has 7 heterocycles. The molecule has 19 nitrogen and oxygen atoms in total. The number of nitrogens with zero attached hydrogens (tertiary/aromatic N) is 7. The second-order valence-corrected chi connectivity index (χ2v) is 14.5. The summed E-state index contributed by atoms with van der Waals surface area (Å²) in [5.41, 5.74) is 5.37. The Labute approximate surface area is 255 Å². The van der Waals surface area contributed by atoms with Gasteiger partial charge in [0.05, 0.1) is 19.3 Å². The summed E-state index contributed by atoms with van der Waals surface area (Å²) < 4.78 is 90.0. The van der Waals surface area contributed by atoms with Crippen LogP contribution in [0.1, 0.15) is 18.3 Å². The van der Waals surface area contributed by atoms with Crippen molar-refractivity contribution in [3.05, 3.63) is 35.2 Å². The molecule has 3 fully saturated rings. The van der Waals surface area contributed by atoms with Gasteiger partial charge in [-0.15, -0.1) is 0 Å². The first kappa shape index (κ1) is 30.5. The maximum absolute atomic E-state index is 15.9. The van der Waals surface area contributed by atoms with Gasteiger partial charge in [0, 0.05) is 6.54 Å². The quantitative estimate of drug-likeness (QED) is 0.187. The minimum Gasteiger partial charge on any atom is -0.382 e. The molecule has 0 aromatic carbocycles. The molecule has 0 bridgehead atoms. The van der Waals surface area contributed by atoms with Gasteiger partial charge in [-0.05, 0) is 18.7 Å². The number of nitrogen functional groups attached to an aromatic ring is 1. The number of aromatic amines is 1. The van der Waals surface area contributed by atoms with Crippen molar-refractivity contribution in [2.75, 3.05) is 18.9 Å². The fraction of sp³-hybridized carbons (Fsp3) is 0.524. The minimum absolute atomic E-state index is 0.0292. The van der Waals surface area contributed by atoms with Gasteiger partial charge < -0.3 is 29.6 Å². The number of nitrogens with two attached hydrogens (primary N) is 1. The Morgan fingerprint density at radius 2 is 1.71 bits per heavy atom. The van der Waals surface area contributed by atoms with E-state index in [2.05, 4.69) is 34.6 Å². The highest BCUT2D eigenvalue weighted by Crippen LogP contribution is 2.51. The molecule has 1 unspecified atom stereocenters. The van der Waals surface area contributed by atoms with E-state index in [1.54, 1.807) is 0 Å². The lowest BCUT2D eigenvalue weighted by Crippen LogP contribution is -2.45. The Morgan fingerprint density at radius 1 is 1.04 bits per heavy atom. The van der Waals surface area contributed by atoms with Gasteiger partial charge in [0.15, 0.2) is 47.4 Å². The summed E-state index contributed by atoms with van der Waals surface area (Å²) in [5.74, 6) is 0.236. The van der Waals surface area contributed by atoms with Crippen LogP contribution >= 0.6 is 6.72 Å². The van der Waals surface area contributed by atoms with E-state index < -0.39 is 84.9 Å². The number of alkyl halides is 2. The number of imidazole rings is 2. The van der Waals surface area contributed by atoms with E-state index in [9.17, 15) is 18.1 Å². The number of anilines is 1. The molecule has 0 radical (unpaired) electrons. The number of hydrogen-bond donors (Lipinski definition) is 4. The third kappa shape index (κ3) is 5.41. The molecule has 242 valence electrons. The number of rotatable bonds is 2. The number of nitrogens with one attached hydrogen (secondary N) is 2. The molecule has 9 atom stereocenters. The molecule has 0 spiro atoms. The lowest BCUT2D eigenvalue weighted by molar-refractivity contribution is -0.0454. The molecule has 0 saturated carbocycles. The monoisotopic (exact) mass is 692 g/mol. The molecular weight excluding hydrogens is 669 g/mol. The zero-order valence-electron chi connectivity index (χ0n) is 22.7. The SMILES string of the molecule is Cc1nc2c(ncn2[C@@H]2O[C@@H]3COP(O)(=S)O[C@H]4[C@@H](F)[C@H](n5cnc6c(N)ncnc65)O[C@@H]4CNS(=O)(=O)O[C@H]3[C@H]2F)c(=O)[nH]1. The molecule has 3 aliphatic heterocycles. The molecular formula is C21H23F2N10O9PS2. The predicted octanol–water partition coefficient (Wildman–Crippen LogP) is -0.827. The van der Waals surface area contributed by atoms with Gasteiger partial charge in [0.1, 0.15) is 42.1 Å². The Kier molecular flexibility index (Phi) is 7.46. The maximum atomic E-state index is 15.9. The van der Waals surface area contributed by atoms with E-state index in [0.717, 1.165) is 17.2 Å². The molecule has 5 N–H and O–H groups in total. The van der Waals surface area contributed by atoms with Gasteiger partial charge in [0.25, 0.3) is 5.56 Å². The fourth-order valence-electron chi connectivity index (χ4n) is 5.37. The lowest BCUT2D eigenvalue weighted by Gasteiger charge is -2.27. The van der Waals surface area contributed by atoms with Crippen LogP contribution in [0.3, 0.4) is 0 Å². The van der Waals surface area contributed by atoms with Gasteiger partial charge in [-0.2, -0.15) is 13.1 Å². The first-order valence-electron chi connectivity index (χ1n) is 13.1. The maximum Gasteiger partial charge on any atom is 0.336 e. The van der Waals surface area contributed by atoms with Crippen molar-refractivity contribution in [3.8, 4) is 0 Å². The molecule has 45 heavy (non-hydrogen) atoms. The third-order valence-corrected chi connectivity index (χ3v) is 9.93. The van der Waals surface area contributed by atoms with E-state index in [1.807, 2.05) is 0 Å². The van der Waals surface area contributed by atoms with E-state index in [-0.39, 0.29) is 34.0 Å². The highest BCUT2D eigenvalue weighted by molar-refractivity contribution is 8.07. The highest BCUT2D eigenvalue weighted by Gasteiger charge is 2.53. The van der Waals surface area contributed by atoms with E-state index in [4.69, 9.17) is 40.2 Å². The zero-order chi connectivity index (χ0) is 31.8. The van der Waals surface area contributed by atoms with E-state index in [0.29, 0.717) is 0 Å². The van der Waals surface area contributed by atoms with Crippen LogP contribution in [0.2, 0.25) is 0 Å².